The van der Waals surface area contributed by atoms with Gasteiger partial charge >= 0.3 is 11.9 Å². The second kappa shape index (κ2) is 9.20. The van der Waals surface area contributed by atoms with Gasteiger partial charge in [-0.1, -0.05) is 45.0 Å². The number of hydrogen-bond acceptors (Lipinski definition) is 6. The van der Waals surface area contributed by atoms with Crippen LogP contribution in [0.15, 0.2) is 48.5 Å². The number of carbonyl (C=O) groups excluding carboxylic acids is 1. The molecule has 0 radical (unpaired) electrons. The molecule has 172 valence electrons. The molecule has 32 heavy (non-hydrogen) atoms. The fraction of sp³-hybridized carbons (Fsp3) is 0.440. The maximum Gasteiger partial charge on any atom is 0.342 e. The van der Waals surface area contributed by atoms with E-state index in [-0.39, 0.29) is 12.8 Å². The van der Waals surface area contributed by atoms with Crippen molar-refractivity contribution in [1.82, 2.24) is 0 Å². The van der Waals surface area contributed by atoms with Crippen LogP contribution in [0, 0.1) is 11.3 Å². The minimum absolute atomic E-state index is 0.0382. The third-order valence-electron chi connectivity index (χ3n) is 5.62. The van der Waals surface area contributed by atoms with Crippen molar-refractivity contribution >= 4 is 11.9 Å². The Hall–Kier alpha value is -3.06. The number of aliphatic carboxylic acids is 1. The Morgan fingerprint density at radius 2 is 1.62 bits per heavy atom. The Morgan fingerprint density at radius 1 is 1.06 bits per heavy atom. The predicted octanol–water partition coefficient (Wildman–Crippen LogP) is 3.87. The second-order valence-electron chi connectivity index (χ2n) is 9.09. The predicted molar refractivity (Wildman–Crippen MR) is 118 cm³/mol. The highest BCUT2D eigenvalue weighted by Crippen LogP contribution is 2.42. The van der Waals surface area contributed by atoms with E-state index in [1.807, 2.05) is 26.8 Å². The SMILES string of the molecule is COc1cccc(CC(C(=O)O)C2(Cc3cccc(OC)c3)O[C@H](C(C)(C)C)OC2=O)c1. The summed E-state index contributed by atoms with van der Waals surface area (Å²) in [5, 5.41) is 10.2. The third kappa shape index (κ3) is 4.88. The molecule has 0 saturated carbocycles. The summed E-state index contributed by atoms with van der Waals surface area (Å²) in [6.07, 6.45) is -0.758. The molecule has 0 aliphatic carbocycles. The molecule has 3 rings (SSSR count). The van der Waals surface area contributed by atoms with Gasteiger partial charge in [-0.3, -0.25) is 4.79 Å². The van der Waals surface area contributed by atoms with E-state index < -0.39 is 35.2 Å². The van der Waals surface area contributed by atoms with Crippen molar-refractivity contribution < 1.29 is 33.6 Å². The zero-order valence-corrected chi connectivity index (χ0v) is 19.1. The molecule has 7 nitrogen and oxygen atoms in total. The number of carboxylic acid groups (broad SMARTS) is 1. The number of methoxy groups -OCH3 is 2. The molecule has 1 aliphatic heterocycles. The summed E-state index contributed by atoms with van der Waals surface area (Å²) in [6, 6.07) is 14.3. The van der Waals surface area contributed by atoms with Gasteiger partial charge in [-0.2, -0.15) is 0 Å². The van der Waals surface area contributed by atoms with E-state index in [9.17, 15) is 14.7 Å². The van der Waals surface area contributed by atoms with Gasteiger partial charge in [-0.15, -0.1) is 0 Å². The van der Waals surface area contributed by atoms with Crippen LogP contribution in [-0.2, 0) is 31.9 Å². The minimum Gasteiger partial charge on any atom is -0.497 e. The Balaban J connectivity index is 2.06. The van der Waals surface area contributed by atoms with E-state index in [0.29, 0.717) is 17.1 Å². The lowest BCUT2D eigenvalue weighted by Gasteiger charge is -2.33. The largest absolute Gasteiger partial charge is 0.497 e. The van der Waals surface area contributed by atoms with Crippen molar-refractivity contribution in [3.05, 3.63) is 59.7 Å². The number of cyclic esters (lactones) is 1. The molecule has 1 fully saturated rings. The quantitative estimate of drug-likeness (QED) is 0.621. The van der Waals surface area contributed by atoms with Crippen molar-refractivity contribution in [1.29, 1.82) is 0 Å². The smallest absolute Gasteiger partial charge is 0.342 e. The first-order valence-corrected chi connectivity index (χ1v) is 10.5. The molecule has 1 aliphatic rings. The number of rotatable bonds is 8. The molecule has 1 heterocycles. The highest BCUT2D eigenvalue weighted by Gasteiger charge is 2.60. The van der Waals surface area contributed by atoms with E-state index in [1.165, 1.54) is 0 Å². The van der Waals surface area contributed by atoms with Gasteiger partial charge in [0.15, 0.2) is 5.60 Å². The third-order valence-corrected chi connectivity index (χ3v) is 5.62. The van der Waals surface area contributed by atoms with E-state index in [0.717, 1.165) is 5.56 Å². The summed E-state index contributed by atoms with van der Waals surface area (Å²) in [7, 11) is 3.09. The molecular weight excluding hydrogens is 412 g/mol. The second-order valence-corrected chi connectivity index (χ2v) is 9.09. The van der Waals surface area contributed by atoms with Crippen molar-refractivity contribution in [3.8, 4) is 11.5 Å². The van der Waals surface area contributed by atoms with E-state index in [1.54, 1.807) is 56.7 Å². The zero-order valence-electron chi connectivity index (χ0n) is 19.1. The number of ether oxygens (including phenoxy) is 4. The minimum atomic E-state index is -1.70. The fourth-order valence-electron chi connectivity index (χ4n) is 3.85. The molecule has 7 heteroatoms. The van der Waals surface area contributed by atoms with E-state index >= 15 is 0 Å². The standard InChI is InChI=1S/C25H30O7/c1-24(2,3)23-31-22(28)25(32-23,15-17-9-7-11-19(13-17)30-5)20(21(26)27)14-16-8-6-10-18(12-16)29-4/h6-13,20,23H,14-15H2,1-5H3,(H,26,27)/t20?,23-,25?/m1/s1. The fourth-order valence-corrected chi connectivity index (χ4v) is 3.85. The van der Waals surface area contributed by atoms with Crippen molar-refractivity contribution in [3.63, 3.8) is 0 Å². The highest BCUT2D eigenvalue weighted by molar-refractivity contribution is 5.89. The van der Waals surface area contributed by atoms with Crippen LogP contribution in [0.4, 0.5) is 0 Å². The van der Waals surface area contributed by atoms with E-state index in [2.05, 4.69) is 0 Å². The van der Waals surface area contributed by atoms with Gasteiger partial charge in [0, 0.05) is 11.8 Å². The summed E-state index contributed by atoms with van der Waals surface area (Å²) in [4.78, 5) is 25.8. The number of carbonyl (C=O) groups is 2. The number of esters is 1. The molecule has 2 aromatic rings. The number of benzene rings is 2. The number of carboxylic acids is 1. The van der Waals surface area contributed by atoms with Gasteiger partial charge in [0.25, 0.3) is 0 Å². The van der Waals surface area contributed by atoms with Gasteiger partial charge in [-0.05, 0) is 41.8 Å². The van der Waals surface area contributed by atoms with Crippen LogP contribution >= 0.6 is 0 Å². The zero-order chi connectivity index (χ0) is 23.5. The highest BCUT2D eigenvalue weighted by atomic mass is 16.8. The lowest BCUT2D eigenvalue weighted by molar-refractivity contribution is -0.173. The summed E-state index contributed by atoms with van der Waals surface area (Å²) in [5.41, 5.74) is -0.783. The first-order chi connectivity index (χ1) is 15.1. The van der Waals surface area contributed by atoms with Crippen molar-refractivity contribution in [2.75, 3.05) is 14.2 Å². The molecule has 0 spiro atoms. The van der Waals surface area contributed by atoms with Crippen LogP contribution in [0.5, 0.6) is 11.5 Å². The number of hydrogen-bond donors (Lipinski definition) is 1. The normalized spacial score (nSPS) is 21.7. The van der Waals surface area contributed by atoms with Crippen LogP contribution < -0.4 is 9.47 Å². The van der Waals surface area contributed by atoms with Crippen LogP contribution in [0.2, 0.25) is 0 Å². The van der Waals surface area contributed by atoms with Crippen molar-refractivity contribution in [2.45, 2.75) is 45.5 Å². The van der Waals surface area contributed by atoms with Crippen LogP contribution in [-0.4, -0.2) is 43.2 Å². The molecule has 0 amide bonds. The van der Waals surface area contributed by atoms with Gasteiger partial charge in [-0.25, -0.2) is 4.79 Å². The Labute approximate surface area is 188 Å². The molecule has 3 atom stereocenters. The first-order valence-electron chi connectivity index (χ1n) is 10.5. The summed E-state index contributed by atoms with van der Waals surface area (Å²) in [6.45, 7) is 5.64. The molecule has 1 N–H and O–H groups in total. The van der Waals surface area contributed by atoms with Crippen LogP contribution in [0.3, 0.4) is 0 Å². The Bertz CT molecular complexity index is 978. The first kappa shape index (κ1) is 23.6. The summed E-state index contributed by atoms with van der Waals surface area (Å²) < 4.78 is 22.4. The maximum absolute atomic E-state index is 13.3. The van der Waals surface area contributed by atoms with Gasteiger partial charge in [0.1, 0.15) is 17.4 Å². The molecule has 1 saturated heterocycles. The molecular formula is C25H30O7. The Morgan fingerprint density at radius 3 is 2.12 bits per heavy atom. The lowest BCUT2D eigenvalue weighted by Crippen LogP contribution is -2.51. The summed E-state index contributed by atoms with van der Waals surface area (Å²) in [5.74, 6) is -1.77. The monoisotopic (exact) mass is 442 g/mol. The molecule has 0 aromatic heterocycles. The average Bonchev–Trinajstić information content (AvgIpc) is 3.09. The molecule has 0 bridgehead atoms. The molecule has 2 unspecified atom stereocenters. The molecule has 2 aromatic carbocycles. The van der Waals surface area contributed by atoms with Gasteiger partial charge in [0.05, 0.1) is 14.2 Å². The average molecular weight is 443 g/mol. The lowest BCUT2D eigenvalue weighted by atomic mass is 9.78. The van der Waals surface area contributed by atoms with Gasteiger partial charge in [0.2, 0.25) is 6.29 Å². The topological polar surface area (TPSA) is 91.3 Å². The van der Waals surface area contributed by atoms with Crippen LogP contribution in [0.25, 0.3) is 0 Å². The van der Waals surface area contributed by atoms with Gasteiger partial charge < -0.3 is 24.1 Å². The maximum atomic E-state index is 13.3. The van der Waals surface area contributed by atoms with Crippen molar-refractivity contribution in [2.24, 2.45) is 11.3 Å². The summed E-state index contributed by atoms with van der Waals surface area (Å²) >= 11 is 0. The Kier molecular flexibility index (Phi) is 6.79. The van der Waals surface area contributed by atoms with E-state index in [4.69, 9.17) is 18.9 Å². The van der Waals surface area contributed by atoms with Crippen LogP contribution in [0.1, 0.15) is 31.9 Å².